The summed E-state index contributed by atoms with van der Waals surface area (Å²) in [4.78, 5) is 32.2. The number of hydrogen-bond acceptors (Lipinski definition) is 3. The minimum absolute atomic E-state index is 0.0358. The van der Waals surface area contributed by atoms with Gasteiger partial charge in [0.15, 0.2) is 0 Å². The number of fused-ring (bicyclic) bond motifs is 2. The molecule has 1 N–H and O–H groups in total. The number of carbonyl (C=O) groups is 2. The van der Waals surface area contributed by atoms with Crippen molar-refractivity contribution in [3.05, 3.63) is 59.9 Å². The number of imidazole rings is 1. The average molecular weight is 405 g/mol. The van der Waals surface area contributed by atoms with Crippen LogP contribution in [0, 0.1) is 5.41 Å². The zero-order valence-electron chi connectivity index (χ0n) is 17.8. The molecular formula is C24H28N4O2. The molecule has 1 aromatic heterocycles. The Bertz CT molecular complexity index is 1090. The van der Waals surface area contributed by atoms with E-state index in [1.807, 2.05) is 72.7 Å². The summed E-state index contributed by atoms with van der Waals surface area (Å²) in [6, 6.07) is 15.9. The second-order valence-corrected chi connectivity index (χ2v) is 8.81. The highest BCUT2D eigenvalue weighted by Crippen LogP contribution is 2.27. The van der Waals surface area contributed by atoms with Crippen LogP contribution in [-0.4, -0.2) is 27.9 Å². The normalized spacial score (nSPS) is 13.9. The Balaban J connectivity index is 1.62. The maximum atomic E-state index is 13.3. The summed E-state index contributed by atoms with van der Waals surface area (Å²) >= 11 is 0. The standard InChI is InChI=1S/C24H28N4O2/c1-24(2,3)23(30)25-15-21-26-18-11-5-7-13-20(18)28(21)16-22(29)27-14-8-10-17-9-4-6-12-19(17)27/h4-7,9,11-13H,8,10,14-16H2,1-3H3,(H,25,30). The van der Waals surface area contributed by atoms with Crippen LogP contribution in [0.25, 0.3) is 11.0 Å². The molecule has 0 fully saturated rings. The number of amides is 2. The smallest absolute Gasteiger partial charge is 0.246 e. The molecule has 30 heavy (non-hydrogen) atoms. The van der Waals surface area contributed by atoms with E-state index in [4.69, 9.17) is 0 Å². The molecule has 2 aromatic carbocycles. The predicted molar refractivity (Wildman–Crippen MR) is 118 cm³/mol. The van der Waals surface area contributed by atoms with Crippen molar-refractivity contribution in [2.24, 2.45) is 5.41 Å². The monoisotopic (exact) mass is 404 g/mol. The fourth-order valence-electron chi connectivity index (χ4n) is 3.87. The van der Waals surface area contributed by atoms with E-state index in [0.717, 1.165) is 36.1 Å². The van der Waals surface area contributed by atoms with Gasteiger partial charge in [-0.2, -0.15) is 0 Å². The topological polar surface area (TPSA) is 67.2 Å². The van der Waals surface area contributed by atoms with E-state index in [1.54, 1.807) is 0 Å². The summed E-state index contributed by atoms with van der Waals surface area (Å²) in [6.45, 7) is 6.83. The second-order valence-electron chi connectivity index (χ2n) is 8.81. The van der Waals surface area contributed by atoms with Crippen molar-refractivity contribution < 1.29 is 9.59 Å². The van der Waals surface area contributed by atoms with Gasteiger partial charge in [-0.05, 0) is 36.6 Å². The van der Waals surface area contributed by atoms with Gasteiger partial charge in [0, 0.05) is 17.6 Å². The van der Waals surface area contributed by atoms with E-state index in [-0.39, 0.29) is 24.9 Å². The van der Waals surface area contributed by atoms with E-state index in [2.05, 4.69) is 16.4 Å². The molecule has 0 spiro atoms. The van der Waals surface area contributed by atoms with Crippen LogP contribution in [0.2, 0.25) is 0 Å². The third-order valence-electron chi connectivity index (χ3n) is 5.53. The molecule has 0 radical (unpaired) electrons. The quantitative estimate of drug-likeness (QED) is 0.721. The third-order valence-corrected chi connectivity index (χ3v) is 5.53. The number of carbonyl (C=O) groups excluding carboxylic acids is 2. The van der Waals surface area contributed by atoms with Crippen molar-refractivity contribution in [1.29, 1.82) is 0 Å². The molecule has 0 saturated carbocycles. The highest BCUT2D eigenvalue weighted by Gasteiger charge is 2.25. The minimum Gasteiger partial charge on any atom is -0.348 e. The Morgan fingerprint density at radius 2 is 1.80 bits per heavy atom. The summed E-state index contributed by atoms with van der Waals surface area (Å²) < 4.78 is 1.93. The number of nitrogens with one attached hydrogen (secondary N) is 1. The molecule has 0 atom stereocenters. The zero-order valence-corrected chi connectivity index (χ0v) is 17.8. The number of aromatic nitrogens is 2. The van der Waals surface area contributed by atoms with Gasteiger partial charge in [0.25, 0.3) is 0 Å². The van der Waals surface area contributed by atoms with Crippen molar-refractivity contribution in [2.75, 3.05) is 11.4 Å². The number of nitrogens with zero attached hydrogens (tertiary/aromatic N) is 3. The maximum absolute atomic E-state index is 13.3. The van der Waals surface area contributed by atoms with Crippen LogP contribution in [-0.2, 0) is 29.1 Å². The molecule has 156 valence electrons. The first-order chi connectivity index (χ1) is 14.3. The van der Waals surface area contributed by atoms with Gasteiger partial charge >= 0.3 is 0 Å². The van der Waals surface area contributed by atoms with Gasteiger partial charge in [-0.25, -0.2) is 4.98 Å². The Labute approximate surface area is 176 Å². The number of para-hydroxylation sites is 3. The molecule has 1 aliphatic rings. The van der Waals surface area contributed by atoms with Crippen LogP contribution in [0.15, 0.2) is 48.5 Å². The first kappa shape index (κ1) is 20.1. The Hall–Kier alpha value is -3.15. The second kappa shape index (κ2) is 7.94. The van der Waals surface area contributed by atoms with Crippen molar-refractivity contribution >= 4 is 28.5 Å². The lowest BCUT2D eigenvalue weighted by molar-refractivity contribution is -0.128. The molecule has 1 aliphatic heterocycles. The fraction of sp³-hybridized carbons (Fsp3) is 0.375. The zero-order chi connectivity index (χ0) is 21.3. The van der Waals surface area contributed by atoms with Crippen LogP contribution in [0.4, 0.5) is 5.69 Å². The third kappa shape index (κ3) is 3.95. The maximum Gasteiger partial charge on any atom is 0.246 e. The van der Waals surface area contributed by atoms with E-state index < -0.39 is 5.41 Å². The number of anilines is 1. The predicted octanol–water partition coefficient (Wildman–Crippen LogP) is 3.68. The van der Waals surface area contributed by atoms with Gasteiger partial charge in [-0.15, -0.1) is 0 Å². The Morgan fingerprint density at radius 3 is 2.60 bits per heavy atom. The van der Waals surface area contributed by atoms with Crippen molar-refractivity contribution in [3.63, 3.8) is 0 Å². The molecular weight excluding hydrogens is 376 g/mol. The summed E-state index contributed by atoms with van der Waals surface area (Å²) in [5.41, 5.74) is 3.45. The Kier molecular flexibility index (Phi) is 5.33. The average Bonchev–Trinajstić information content (AvgIpc) is 3.08. The van der Waals surface area contributed by atoms with Crippen LogP contribution in [0.3, 0.4) is 0 Å². The molecule has 0 bridgehead atoms. The van der Waals surface area contributed by atoms with E-state index in [9.17, 15) is 9.59 Å². The minimum atomic E-state index is -0.482. The highest BCUT2D eigenvalue weighted by molar-refractivity contribution is 5.95. The van der Waals surface area contributed by atoms with Gasteiger partial charge in [0.05, 0.1) is 17.6 Å². The van der Waals surface area contributed by atoms with Crippen LogP contribution >= 0.6 is 0 Å². The van der Waals surface area contributed by atoms with Gasteiger partial charge in [-0.3, -0.25) is 9.59 Å². The molecule has 6 heteroatoms. The molecule has 2 heterocycles. The van der Waals surface area contributed by atoms with Crippen LogP contribution in [0.1, 0.15) is 38.6 Å². The molecule has 0 unspecified atom stereocenters. The number of rotatable bonds is 4. The molecule has 0 saturated heterocycles. The van der Waals surface area contributed by atoms with E-state index in [0.29, 0.717) is 5.82 Å². The summed E-state index contributed by atoms with van der Waals surface area (Å²) in [6.07, 6.45) is 1.96. The lowest BCUT2D eigenvalue weighted by Crippen LogP contribution is -2.38. The summed E-state index contributed by atoms with van der Waals surface area (Å²) in [5, 5.41) is 2.96. The molecule has 6 nitrogen and oxygen atoms in total. The van der Waals surface area contributed by atoms with Crippen LogP contribution in [0.5, 0.6) is 0 Å². The molecule has 3 aromatic rings. The van der Waals surface area contributed by atoms with Crippen molar-refractivity contribution in [1.82, 2.24) is 14.9 Å². The summed E-state index contributed by atoms with van der Waals surface area (Å²) in [7, 11) is 0. The summed E-state index contributed by atoms with van der Waals surface area (Å²) in [5.74, 6) is 0.679. The molecule has 4 rings (SSSR count). The number of aryl methyl sites for hydroxylation is 1. The van der Waals surface area contributed by atoms with Gasteiger partial charge in [-0.1, -0.05) is 51.1 Å². The lowest BCUT2D eigenvalue weighted by atomic mass is 9.96. The first-order valence-electron chi connectivity index (χ1n) is 10.5. The molecule has 0 aliphatic carbocycles. The highest BCUT2D eigenvalue weighted by atomic mass is 16.2. The van der Waals surface area contributed by atoms with Gasteiger partial charge in [0.2, 0.25) is 11.8 Å². The van der Waals surface area contributed by atoms with Gasteiger partial charge in [0.1, 0.15) is 12.4 Å². The SMILES string of the molecule is CC(C)(C)C(=O)NCc1nc2ccccc2n1CC(=O)N1CCCc2ccccc21. The van der Waals surface area contributed by atoms with Crippen molar-refractivity contribution in [2.45, 2.75) is 46.7 Å². The number of hydrogen-bond donors (Lipinski definition) is 1. The van der Waals surface area contributed by atoms with Gasteiger partial charge < -0.3 is 14.8 Å². The first-order valence-corrected chi connectivity index (χ1v) is 10.5. The Morgan fingerprint density at radius 1 is 1.07 bits per heavy atom. The largest absolute Gasteiger partial charge is 0.348 e. The van der Waals surface area contributed by atoms with Crippen LogP contribution < -0.4 is 10.2 Å². The fourth-order valence-corrected chi connectivity index (χ4v) is 3.87. The van der Waals surface area contributed by atoms with E-state index in [1.165, 1.54) is 5.56 Å². The van der Waals surface area contributed by atoms with E-state index >= 15 is 0 Å². The lowest BCUT2D eigenvalue weighted by Gasteiger charge is -2.30. The number of benzene rings is 2. The molecule has 2 amide bonds. The van der Waals surface area contributed by atoms with Crippen molar-refractivity contribution in [3.8, 4) is 0 Å².